The molecule has 2 aromatic rings. The van der Waals surface area contributed by atoms with Gasteiger partial charge in [0.1, 0.15) is 11.0 Å². The van der Waals surface area contributed by atoms with E-state index < -0.39 is 0 Å². The number of terminal acetylenes is 1. The van der Waals surface area contributed by atoms with E-state index in [2.05, 4.69) is 16.2 Å². The second kappa shape index (κ2) is 4.06. The molecule has 0 saturated heterocycles. The number of halogens is 1. The highest BCUT2D eigenvalue weighted by Crippen LogP contribution is 2.12. The molecule has 15 heavy (non-hydrogen) atoms. The lowest BCUT2D eigenvalue weighted by molar-refractivity contribution is 0.104. The van der Waals surface area contributed by atoms with Crippen LogP contribution >= 0.6 is 22.6 Å². The minimum Gasteiger partial charge on any atom is -0.368 e. The van der Waals surface area contributed by atoms with Crippen molar-refractivity contribution in [3.8, 4) is 12.3 Å². The average molecular weight is 313 g/mol. The number of hydrogen-bond donors (Lipinski definition) is 0. The second-order valence-electron chi connectivity index (χ2n) is 3.04. The summed E-state index contributed by atoms with van der Waals surface area (Å²) >= 11 is 2.00. The number of alkyl halides is 1. The van der Waals surface area contributed by atoms with Crippen molar-refractivity contribution >= 4 is 33.6 Å². The van der Waals surface area contributed by atoms with Gasteiger partial charge in [0.15, 0.2) is 0 Å². The molecule has 0 fully saturated rings. The lowest BCUT2D eigenvalue weighted by Gasteiger charge is -2.05. The maximum Gasteiger partial charge on any atom is 0.236 e. The molecular weight excluding hydrogens is 305 g/mol. The zero-order chi connectivity index (χ0) is 10.8. The molecule has 4 nitrogen and oxygen atoms in total. The molecule has 2 rings (SSSR count). The predicted octanol–water partition coefficient (Wildman–Crippen LogP) is 1.56. The molecule has 76 valence electrons. The fraction of sp³-hybridized carbons (Fsp3) is 0.200. The lowest BCUT2D eigenvalue weighted by atomic mass is 10.2. The summed E-state index contributed by atoms with van der Waals surface area (Å²) in [4.78, 5) is 6.73. The van der Waals surface area contributed by atoms with Crippen molar-refractivity contribution in [2.75, 3.05) is 0 Å². The summed E-state index contributed by atoms with van der Waals surface area (Å²) in [5.74, 6) is 2.46. The van der Waals surface area contributed by atoms with Crippen LogP contribution in [0.4, 0.5) is 0 Å². The monoisotopic (exact) mass is 313 g/mol. The van der Waals surface area contributed by atoms with Crippen molar-refractivity contribution in [2.45, 2.75) is 11.0 Å². The zero-order valence-corrected chi connectivity index (χ0v) is 10.2. The van der Waals surface area contributed by atoms with Crippen LogP contribution in [0.15, 0.2) is 18.2 Å². The summed E-state index contributed by atoms with van der Waals surface area (Å²) in [5, 5.41) is 7.83. The van der Waals surface area contributed by atoms with Crippen LogP contribution in [0.3, 0.4) is 0 Å². The SMILES string of the molecule is C#CC(I)On1nnc2ccc(C)cc21. The Balaban J connectivity index is 2.44. The number of rotatable bonds is 2. The van der Waals surface area contributed by atoms with Crippen LogP contribution in [0.1, 0.15) is 5.56 Å². The first kappa shape index (κ1) is 10.2. The van der Waals surface area contributed by atoms with Crippen LogP contribution in [0.2, 0.25) is 0 Å². The van der Waals surface area contributed by atoms with Crippen LogP contribution in [-0.2, 0) is 0 Å². The molecule has 0 bridgehead atoms. The molecule has 0 spiro atoms. The molecule has 0 N–H and O–H groups in total. The molecule has 0 aliphatic rings. The highest BCUT2D eigenvalue weighted by atomic mass is 127. The van der Waals surface area contributed by atoms with Gasteiger partial charge in [-0.05, 0) is 58.3 Å². The first-order valence-electron chi connectivity index (χ1n) is 4.30. The molecule has 1 atom stereocenters. The average Bonchev–Trinajstić information content (AvgIpc) is 2.61. The van der Waals surface area contributed by atoms with E-state index >= 15 is 0 Å². The highest BCUT2D eigenvalue weighted by molar-refractivity contribution is 14.1. The first-order valence-corrected chi connectivity index (χ1v) is 5.54. The van der Waals surface area contributed by atoms with Crippen molar-refractivity contribution in [1.29, 1.82) is 0 Å². The summed E-state index contributed by atoms with van der Waals surface area (Å²) in [6.07, 6.45) is 5.22. The van der Waals surface area contributed by atoms with E-state index in [1.54, 1.807) is 0 Å². The Morgan fingerprint density at radius 3 is 3.13 bits per heavy atom. The molecule has 1 heterocycles. The van der Waals surface area contributed by atoms with Crippen LogP contribution < -0.4 is 4.84 Å². The minimum absolute atomic E-state index is 0.354. The number of aryl methyl sites for hydroxylation is 1. The Morgan fingerprint density at radius 1 is 1.60 bits per heavy atom. The van der Waals surface area contributed by atoms with Crippen LogP contribution in [0, 0.1) is 19.3 Å². The second-order valence-corrected chi connectivity index (χ2v) is 4.17. The molecule has 0 amide bonds. The van der Waals surface area contributed by atoms with E-state index in [4.69, 9.17) is 11.3 Å². The standard InChI is InChI=1S/C10H8IN3O/c1-3-10(11)15-14-9-6-7(2)4-5-8(9)12-13-14/h1,4-6,10H,2H3. The molecule has 5 heteroatoms. The Hall–Kier alpha value is -1.29. The zero-order valence-electron chi connectivity index (χ0n) is 8.01. The van der Waals surface area contributed by atoms with Gasteiger partial charge < -0.3 is 4.84 Å². The third-order valence-electron chi connectivity index (χ3n) is 1.89. The molecule has 1 aromatic carbocycles. The smallest absolute Gasteiger partial charge is 0.236 e. The van der Waals surface area contributed by atoms with Crippen molar-refractivity contribution in [1.82, 2.24) is 15.2 Å². The molecular formula is C10H8IN3O. The highest BCUT2D eigenvalue weighted by Gasteiger charge is 2.07. The third kappa shape index (κ3) is 2.04. The summed E-state index contributed by atoms with van der Waals surface area (Å²) in [7, 11) is 0. The first-order chi connectivity index (χ1) is 7.20. The Bertz CT molecular complexity index is 529. The van der Waals surface area contributed by atoms with Gasteiger partial charge in [0.05, 0.1) is 0 Å². The van der Waals surface area contributed by atoms with E-state index in [1.165, 1.54) is 4.85 Å². The number of fused-ring (bicyclic) bond motifs is 1. The number of aromatic nitrogens is 3. The van der Waals surface area contributed by atoms with Crippen molar-refractivity contribution in [3.05, 3.63) is 23.8 Å². The van der Waals surface area contributed by atoms with E-state index in [0.717, 1.165) is 16.6 Å². The van der Waals surface area contributed by atoms with Crippen molar-refractivity contribution in [3.63, 3.8) is 0 Å². The van der Waals surface area contributed by atoms with Gasteiger partial charge in [-0.2, -0.15) is 0 Å². The summed E-state index contributed by atoms with van der Waals surface area (Å²) in [6, 6.07) is 5.83. The van der Waals surface area contributed by atoms with Crippen LogP contribution in [0.5, 0.6) is 0 Å². The predicted molar refractivity (Wildman–Crippen MR) is 65.5 cm³/mol. The summed E-state index contributed by atoms with van der Waals surface area (Å²) in [5.41, 5.74) is 2.74. The summed E-state index contributed by atoms with van der Waals surface area (Å²) in [6.45, 7) is 2.00. The quantitative estimate of drug-likeness (QED) is 0.480. The minimum atomic E-state index is -0.354. The molecule has 0 saturated carbocycles. The molecule has 0 aliphatic heterocycles. The van der Waals surface area contributed by atoms with Gasteiger partial charge in [-0.1, -0.05) is 10.9 Å². The molecule has 1 aromatic heterocycles. The Kier molecular flexibility index (Phi) is 2.77. The number of hydrogen-bond acceptors (Lipinski definition) is 3. The maximum atomic E-state index is 5.37. The molecule has 0 radical (unpaired) electrons. The van der Waals surface area contributed by atoms with Crippen molar-refractivity contribution in [2.24, 2.45) is 0 Å². The third-order valence-corrected chi connectivity index (χ3v) is 2.48. The maximum absolute atomic E-state index is 5.37. The molecule has 0 aliphatic carbocycles. The van der Waals surface area contributed by atoms with E-state index in [9.17, 15) is 0 Å². The topological polar surface area (TPSA) is 39.9 Å². The van der Waals surface area contributed by atoms with E-state index in [1.807, 2.05) is 47.7 Å². The van der Waals surface area contributed by atoms with Crippen molar-refractivity contribution < 1.29 is 4.84 Å². The Labute approximate surface area is 101 Å². The lowest BCUT2D eigenvalue weighted by Crippen LogP contribution is -2.19. The largest absolute Gasteiger partial charge is 0.368 e. The van der Waals surface area contributed by atoms with Gasteiger partial charge in [0.2, 0.25) is 4.11 Å². The van der Waals surface area contributed by atoms with E-state index in [-0.39, 0.29) is 4.11 Å². The van der Waals surface area contributed by atoms with Gasteiger partial charge in [0.25, 0.3) is 0 Å². The molecule has 1 unspecified atom stereocenters. The number of benzene rings is 1. The fourth-order valence-electron chi connectivity index (χ4n) is 1.20. The van der Waals surface area contributed by atoms with Gasteiger partial charge in [-0.15, -0.1) is 11.5 Å². The van der Waals surface area contributed by atoms with Crippen LogP contribution in [0.25, 0.3) is 11.0 Å². The van der Waals surface area contributed by atoms with Gasteiger partial charge >= 0.3 is 0 Å². The van der Waals surface area contributed by atoms with Crippen LogP contribution in [-0.4, -0.2) is 19.3 Å². The van der Waals surface area contributed by atoms with Gasteiger partial charge in [-0.25, -0.2) is 0 Å². The van der Waals surface area contributed by atoms with Gasteiger partial charge in [0, 0.05) is 0 Å². The van der Waals surface area contributed by atoms with Gasteiger partial charge in [-0.3, -0.25) is 0 Å². The fourth-order valence-corrected chi connectivity index (χ4v) is 1.42. The normalized spacial score (nSPS) is 12.3. The Morgan fingerprint density at radius 2 is 2.40 bits per heavy atom. The number of nitrogens with zero attached hydrogens (tertiary/aromatic N) is 3. The summed E-state index contributed by atoms with van der Waals surface area (Å²) < 4.78 is -0.354. The van der Waals surface area contributed by atoms with E-state index in [0.29, 0.717) is 0 Å².